The maximum atomic E-state index is 11.5. The minimum absolute atomic E-state index is 0.361. The monoisotopic (exact) mass is 590 g/mol. The lowest BCUT2D eigenvalue weighted by molar-refractivity contribution is 0.0523. The molecule has 0 fully saturated rings. The van der Waals surface area contributed by atoms with Crippen molar-refractivity contribution in [3.63, 3.8) is 0 Å². The van der Waals surface area contributed by atoms with Gasteiger partial charge in [-0.25, -0.2) is 10.6 Å². The molecule has 0 aromatic heterocycles. The second-order valence-electron chi connectivity index (χ2n) is 6.89. The van der Waals surface area contributed by atoms with Gasteiger partial charge in [-0.2, -0.15) is 0 Å². The van der Waals surface area contributed by atoms with E-state index in [9.17, 15) is 4.79 Å². The van der Waals surface area contributed by atoms with Gasteiger partial charge in [0.1, 0.15) is 18.0 Å². The molecule has 0 aliphatic heterocycles. The van der Waals surface area contributed by atoms with Crippen LogP contribution in [0, 0.1) is 0 Å². The molecule has 1 aromatic carbocycles. The Labute approximate surface area is 189 Å². The number of anilines is 2. The Morgan fingerprint density at radius 2 is 2.00 bits per heavy atom. The van der Waals surface area contributed by atoms with Crippen LogP contribution in [0.4, 0.5) is 16.2 Å². The molecule has 1 unspecified atom stereocenters. The summed E-state index contributed by atoms with van der Waals surface area (Å²) in [6.45, 7) is 7.47. The van der Waals surface area contributed by atoms with Gasteiger partial charge >= 0.3 is 6.09 Å². The number of halogens is 2. The zero-order valence-electron chi connectivity index (χ0n) is 16.4. The van der Waals surface area contributed by atoms with Crippen molar-refractivity contribution in [1.82, 2.24) is 5.32 Å². The number of hydrazine groups is 1. The van der Waals surface area contributed by atoms with Crippen molar-refractivity contribution in [1.29, 1.82) is 0 Å². The van der Waals surface area contributed by atoms with E-state index in [0.717, 1.165) is 23.0 Å². The fraction of sp³-hybridized carbons (Fsp3) is 0.588. The molecule has 1 amide bonds. The number of ether oxygens (including phenoxy) is 3. The van der Waals surface area contributed by atoms with Crippen molar-refractivity contribution >= 4 is 61.8 Å². The number of amides is 1. The van der Waals surface area contributed by atoms with E-state index in [2.05, 4.69) is 43.3 Å². The zero-order valence-corrected chi connectivity index (χ0v) is 21.1. The van der Waals surface area contributed by atoms with E-state index in [4.69, 9.17) is 25.8 Å². The normalized spacial score (nSPS) is 11.6. The van der Waals surface area contributed by atoms with Crippen LogP contribution in [-0.2, 0) is 9.47 Å². The van der Waals surface area contributed by atoms with E-state index in [1.54, 1.807) is 4.78 Å². The molecule has 0 aliphatic rings. The van der Waals surface area contributed by atoms with Crippen molar-refractivity contribution < 1.29 is 19.0 Å². The van der Waals surface area contributed by atoms with Crippen molar-refractivity contribution in [2.75, 3.05) is 36.9 Å². The molecule has 5 N–H and O–H groups in total. The van der Waals surface area contributed by atoms with Gasteiger partial charge in [0.15, 0.2) is 0 Å². The number of nitrogens with zero attached hydrogens (tertiary/aromatic N) is 1. The Morgan fingerprint density at radius 3 is 2.64 bits per heavy atom. The zero-order chi connectivity index (χ0) is 21.2. The first-order valence-electron chi connectivity index (χ1n) is 8.81. The molecule has 28 heavy (non-hydrogen) atoms. The van der Waals surface area contributed by atoms with Crippen molar-refractivity contribution in [2.45, 2.75) is 39.2 Å². The van der Waals surface area contributed by atoms with Gasteiger partial charge < -0.3 is 25.3 Å². The Morgan fingerprint density at radius 1 is 1.29 bits per heavy atom. The third-order valence-electron chi connectivity index (χ3n) is 3.30. The molecule has 0 radical (unpaired) electrons. The standard InChI is InChI=1S/C17H29BrIN4O4P/c1-17(2,3)27-16(24)22-6-4-5-7-25-8-9-26-14-11-12(18)10-13(15(14)20)23(21)28-19/h10-11,28H,4-9,20-21H2,1-3H3,(H,22,24). The number of benzene rings is 1. The molecule has 0 heterocycles. The minimum Gasteiger partial charge on any atom is -0.489 e. The molecule has 0 saturated carbocycles. The molecule has 1 rings (SSSR count). The lowest BCUT2D eigenvalue weighted by atomic mass is 10.2. The SMILES string of the molecule is CC(C)(C)OC(=O)NCCCCOCCOc1cc(Br)cc(N(N)PI)c1N. The van der Waals surface area contributed by atoms with E-state index in [1.165, 1.54) is 0 Å². The molecule has 0 spiro atoms. The van der Waals surface area contributed by atoms with E-state index in [0.29, 0.717) is 44.2 Å². The van der Waals surface area contributed by atoms with E-state index in [-0.39, 0.29) is 0 Å². The predicted octanol–water partition coefficient (Wildman–Crippen LogP) is 4.36. The summed E-state index contributed by atoms with van der Waals surface area (Å²) in [4.78, 5) is 11.5. The third kappa shape index (κ3) is 10.3. The topological polar surface area (TPSA) is 112 Å². The average Bonchev–Trinajstić information content (AvgIpc) is 2.60. The second kappa shape index (κ2) is 12.9. The van der Waals surface area contributed by atoms with Gasteiger partial charge in [-0.1, -0.05) is 15.9 Å². The van der Waals surface area contributed by atoms with Crippen LogP contribution in [0.3, 0.4) is 0 Å². The Bertz CT molecular complexity index is 634. The van der Waals surface area contributed by atoms with Crippen LogP contribution >= 0.6 is 44.3 Å². The number of carbonyl (C=O) groups excluding carboxylic acids is 1. The van der Waals surface area contributed by atoms with Crippen LogP contribution in [0.5, 0.6) is 5.75 Å². The Kier molecular flexibility index (Phi) is 11.7. The van der Waals surface area contributed by atoms with E-state index < -0.39 is 11.7 Å². The highest BCUT2D eigenvalue weighted by atomic mass is 127. The maximum Gasteiger partial charge on any atom is 0.407 e. The number of hydrogen-bond donors (Lipinski definition) is 3. The van der Waals surface area contributed by atoms with Gasteiger partial charge in [-0.15, -0.1) is 0 Å². The summed E-state index contributed by atoms with van der Waals surface area (Å²) in [6, 6.07) is 3.67. The Hall–Kier alpha value is -0.550. The quantitative estimate of drug-likeness (QED) is 0.0877. The first-order valence-corrected chi connectivity index (χ1v) is 13.7. The first-order chi connectivity index (χ1) is 13.1. The van der Waals surface area contributed by atoms with E-state index in [1.807, 2.05) is 32.9 Å². The number of carbonyl (C=O) groups is 1. The van der Waals surface area contributed by atoms with Crippen LogP contribution in [0.2, 0.25) is 0 Å². The third-order valence-corrected chi connectivity index (χ3v) is 5.74. The largest absolute Gasteiger partial charge is 0.489 e. The smallest absolute Gasteiger partial charge is 0.407 e. The molecule has 1 aromatic rings. The average molecular weight is 591 g/mol. The van der Waals surface area contributed by atoms with Crippen molar-refractivity contribution in [3.05, 3.63) is 16.6 Å². The number of alkyl carbamates (subject to hydrolysis) is 1. The summed E-state index contributed by atoms with van der Waals surface area (Å²) in [5, 5.41) is 2.72. The van der Waals surface area contributed by atoms with Gasteiger partial charge in [0.05, 0.1) is 24.4 Å². The summed E-state index contributed by atoms with van der Waals surface area (Å²) in [7, 11) is 0. The Balaban J connectivity index is 2.20. The predicted molar refractivity (Wildman–Crippen MR) is 127 cm³/mol. The molecule has 8 nitrogen and oxygen atoms in total. The lowest BCUT2D eigenvalue weighted by Gasteiger charge is -2.20. The number of nitrogens with two attached hydrogens (primary N) is 2. The molecule has 160 valence electrons. The first kappa shape index (κ1) is 25.5. The molecule has 0 saturated heterocycles. The number of nitrogen functional groups attached to an aromatic ring is 1. The van der Waals surface area contributed by atoms with Crippen molar-refractivity contribution in [2.24, 2.45) is 5.84 Å². The summed E-state index contributed by atoms with van der Waals surface area (Å²) < 4.78 is 18.9. The highest BCUT2D eigenvalue weighted by Crippen LogP contribution is 2.40. The van der Waals surface area contributed by atoms with Gasteiger partial charge in [0.25, 0.3) is 0 Å². The number of hydrogen-bond acceptors (Lipinski definition) is 7. The number of rotatable bonds is 11. The fourth-order valence-corrected chi connectivity index (χ4v) is 3.57. The summed E-state index contributed by atoms with van der Waals surface area (Å²) in [6.07, 6.45) is 1.61. The van der Waals surface area contributed by atoms with Gasteiger partial charge in [0.2, 0.25) is 0 Å². The molecule has 11 heteroatoms. The van der Waals surface area contributed by atoms with Crippen LogP contribution < -0.4 is 26.4 Å². The highest BCUT2D eigenvalue weighted by molar-refractivity contribution is 14.2. The van der Waals surface area contributed by atoms with Gasteiger partial charge in [-0.05, 0) is 67.8 Å². The summed E-state index contributed by atoms with van der Waals surface area (Å²) in [5.74, 6) is 6.51. The maximum absolute atomic E-state index is 11.5. The van der Waals surface area contributed by atoms with Gasteiger partial charge in [-0.3, -0.25) is 4.78 Å². The second-order valence-corrected chi connectivity index (χ2v) is 9.90. The van der Waals surface area contributed by atoms with Crippen molar-refractivity contribution in [3.8, 4) is 5.75 Å². The summed E-state index contributed by atoms with van der Waals surface area (Å²) in [5.41, 5.74) is 6.87. The lowest BCUT2D eigenvalue weighted by Crippen LogP contribution is -2.33. The molecule has 0 aliphatic carbocycles. The highest BCUT2D eigenvalue weighted by Gasteiger charge is 2.15. The molecule has 1 atom stereocenters. The van der Waals surface area contributed by atoms with Gasteiger partial charge in [0, 0.05) is 17.6 Å². The van der Waals surface area contributed by atoms with E-state index >= 15 is 0 Å². The number of nitrogens with one attached hydrogen (secondary N) is 1. The fourth-order valence-electron chi connectivity index (χ4n) is 2.09. The summed E-state index contributed by atoms with van der Waals surface area (Å²) >= 11 is 5.63. The molecular weight excluding hydrogens is 562 g/mol. The minimum atomic E-state index is -0.481. The molecule has 0 bridgehead atoms. The van der Waals surface area contributed by atoms with Crippen LogP contribution in [0.15, 0.2) is 16.6 Å². The number of unbranched alkanes of at least 4 members (excludes halogenated alkanes) is 1. The van der Waals surface area contributed by atoms with Crippen LogP contribution in [0.1, 0.15) is 33.6 Å². The van der Waals surface area contributed by atoms with Crippen LogP contribution in [0.25, 0.3) is 0 Å². The van der Waals surface area contributed by atoms with Crippen LogP contribution in [-0.4, -0.2) is 38.1 Å². The molecular formula is C17H29BrIN4O4P.